The van der Waals surface area contributed by atoms with Crippen molar-refractivity contribution in [1.29, 1.82) is 0 Å². The van der Waals surface area contributed by atoms with Crippen molar-refractivity contribution in [2.24, 2.45) is 0 Å². The second-order valence-electron chi connectivity index (χ2n) is 10.4. The normalized spacial score (nSPS) is 19.2. The largest absolute Gasteiger partial charge is 0.497 e. The Morgan fingerprint density at radius 1 is 1.02 bits per heavy atom. The number of fused-ring (bicyclic) bond motifs is 1. The number of tetrazole rings is 1. The number of aromatic amines is 1. The molecule has 0 saturated carbocycles. The van der Waals surface area contributed by atoms with Crippen LogP contribution in [-0.2, 0) is 17.8 Å². The molecule has 0 aliphatic carbocycles. The van der Waals surface area contributed by atoms with Gasteiger partial charge in [0, 0.05) is 51.0 Å². The van der Waals surface area contributed by atoms with Crippen LogP contribution in [0.3, 0.4) is 0 Å². The molecule has 2 aliphatic rings. The lowest BCUT2D eigenvalue weighted by Gasteiger charge is -2.38. The van der Waals surface area contributed by atoms with Crippen LogP contribution in [0.5, 0.6) is 11.5 Å². The lowest BCUT2D eigenvalue weighted by atomic mass is 10.0. The van der Waals surface area contributed by atoms with Crippen molar-refractivity contribution in [2.45, 2.75) is 38.1 Å². The first-order valence-electron chi connectivity index (χ1n) is 13.8. The SMILES string of the molecule is COc1ccc(CN2CCN([C@H](c3cc4ccc(OC)cc4[nH]c3=O)c3nnnn3C[C@@H]3CCCO3)CC2)cc1. The quantitative estimate of drug-likeness (QED) is 0.339. The van der Waals surface area contributed by atoms with Gasteiger partial charge in [-0.25, -0.2) is 4.68 Å². The average molecular weight is 546 g/mol. The summed E-state index contributed by atoms with van der Waals surface area (Å²) in [4.78, 5) is 21.4. The number of hydrogen-bond acceptors (Lipinski definition) is 9. The van der Waals surface area contributed by atoms with Crippen molar-refractivity contribution in [3.63, 3.8) is 0 Å². The molecule has 1 N–H and O–H groups in total. The zero-order valence-electron chi connectivity index (χ0n) is 23.0. The van der Waals surface area contributed by atoms with Gasteiger partial charge in [-0.05, 0) is 64.5 Å². The highest BCUT2D eigenvalue weighted by Crippen LogP contribution is 2.29. The molecule has 210 valence electrons. The van der Waals surface area contributed by atoms with Crippen molar-refractivity contribution in [3.05, 3.63) is 75.8 Å². The Kier molecular flexibility index (Phi) is 7.76. The predicted molar refractivity (Wildman–Crippen MR) is 150 cm³/mol. The van der Waals surface area contributed by atoms with Crippen LogP contribution in [0.1, 0.15) is 35.8 Å². The van der Waals surface area contributed by atoms with E-state index in [1.165, 1.54) is 5.56 Å². The van der Waals surface area contributed by atoms with Crippen molar-refractivity contribution in [1.82, 2.24) is 35.0 Å². The highest BCUT2D eigenvalue weighted by atomic mass is 16.5. The molecule has 2 fully saturated rings. The predicted octanol–water partition coefficient (Wildman–Crippen LogP) is 2.62. The van der Waals surface area contributed by atoms with Crippen LogP contribution in [0.25, 0.3) is 10.9 Å². The molecule has 0 spiro atoms. The maximum Gasteiger partial charge on any atom is 0.253 e. The van der Waals surface area contributed by atoms with E-state index < -0.39 is 6.04 Å². The fraction of sp³-hybridized carbons (Fsp3) is 0.448. The Morgan fingerprint density at radius 3 is 2.52 bits per heavy atom. The molecular weight excluding hydrogens is 510 g/mol. The van der Waals surface area contributed by atoms with E-state index in [-0.39, 0.29) is 11.7 Å². The van der Waals surface area contributed by atoms with Crippen LogP contribution in [-0.4, -0.2) is 88.1 Å². The first-order valence-corrected chi connectivity index (χ1v) is 13.8. The van der Waals surface area contributed by atoms with E-state index in [0.717, 1.165) is 68.8 Å². The summed E-state index contributed by atoms with van der Waals surface area (Å²) >= 11 is 0. The summed E-state index contributed by atoms with van der Waals surface area (Å²) in [6, 6.07) is 15.5. The van der Waals surface area contributed by atoms with Gasteiger partial charge >= 0.3 is 0 Å². The fourth-order valence-electron chi connectivity index (χ4n) is 5.71. The van der Waals surface area contributed by atoms with E-state index in [9.17, 15) is 4.79 Å². The highest BCUT2D eigenvalue weighted by molar-refractivity contribution is 5.80. The molecule has 0 amide bonds. The van der Waals surface area contributed by atoms with Crippen LogP contribution in [0.15, 0.2) is 53.3 Å². The van der Waals surface area contributed by atoms with E-state index >= 15 is 0 Å². The zero-order chi connectivity index (χ0) is 27.5. The number of pyridine rings is 1. The van der Waals surface area contributed by atoms with Crippen LogP contribution in [0.4, 0.5) is 0 Å². The van der Waals surface area contributed by atoms with Gasteiger partial charge in [0.05, 0.1) is 32.4 Å². The minimum Gasteiger partial charge on any atom is -0.497 e. The van der Waals surface area contributed by atoms with Gasteiger partial charge in [-0.15, -0.1) is 5.10 Å². The van der Waals surface area contributed by atoms with Crippen molar-refractivity contribution < 1.29 is 14.2 Å². The number of piperazine rings is 1. The van der Waals surface area contributed by atoms with Gasteiger partial charge in [0.25, 0.3) is 5.56 Å². The molecule has 2 aromatic carbocycles. The summed E-state index contributed by atoms with van der Waals surface area (Å²) in [7, 11) is 3.30. The standard InChI is InChI=1S/C29H35N7O4/c1-38-22-8-5-20(6-9-22)18-34-11-13-35(14-12-34)27(28-31-32-33-36(28)19-24-4-3-15-40-24)25-16-21-7-10-23(39-2)17-26(21)30-29(25)37/h5-10,16-17,24,27H,3-4,11-15,18-19H2,1-2H3,(H,30,37)/t24-,27+/m0/s1. The number of benzene rings is 2. The molecule has 2 atom stereocenters. The van der Waals surface area contributed by atoms with Crippen molar-refractivity contribution in [2.75, 3.05) is 47.0 Å². The summed E-state index contributed by atoms with van der Waals surface area (Å²) < 4.78 is 18.3. The Morgan fingerprint density at radius 2 is 1.80 bits per heavy atom. The summed E-state index contributed by atoms with van der Waals surface area (Å²) in [5, 5.41) is 13.8. The monoisotopic (exact) mass is 545 g/mol. The molecule has 40 heavy (non-hydrogen) atoms. The smallest absolute Gasteiger partial charge is 0.253 e. The molecule has 2 aromatic heterocycles. The van der Waals surface area contributed by atoms with Crippen LogP contribution in [0.2, 0.25) is 0 Å². The third-order valence-corrected chi connectivity index (χ3v) is 7.92. The minimum atomic E-state index is -0.394. The Hall–Kier alpha value is -3.80. The zero-order valence-corrected chi connectivity index (χ0v) is 23.0. The third kappa shape index (κ3) is 5.58. The number of hydrogen-bond donors (Lipinski definition) is 1. The van der Waals surface area contributed by atoms with Crippen molar-refractivity contribution >= 4 is 10.9 Å². The van der Waals surface area contributed by atoms with Crippen molar-refractivity contribution in [3.8, 4) is 11.5 Å². The van der Waals surface area contributed by atoms with Gasteiger partial charge < -0.3 is 19.2 Å². The first-order chi connectivity index (χ1) is 19.6. The second-order valence-corrected chi connectivity index (χ2v) is 10.4. The van der Waals surface area contributed by atoms with Crippen LogP contribution >= 0.6 is 0 Å². The highest BCUT2D eigenvalue weighted by Gasteiger charge is 2.33. The topological polar surface area (TPSA) is 111 Å². The van der Waals surface area contributed by atoms with E-state index in [2.05, 4.69) is 42.4 Å². The van der Waals surface area contributed by atoms with Crippen LogP contribution in [0, 0.1) is 0 Å². The number of rotatable bonds is 9. The van der Waals surface area contributed by atoms with Crippen LogP contribution < -0.4 is 15.0 Å². The summed E-state index contributed by atoms with van der Waals surface area (Å²) in [5.74, 6) is 2.22. The van der Waals surface area contributed by atoms with E-state index in [1.807, 2.05) is 41.1 Å². The molecular formula is C29H35N7O4. The molecule has 0 radical (unpaired) electrons. The molecule has 2 aliphatic heterocycles. The van der Waals surface area contributed by atoms with E-state index in [0.29, 0.717) is 23.7 Å². The number of H-pyrrole nitrogens is 1. The summed E-state index contributed by atoms with van der Waals surface area (Å²) in [6.45, 7) is 5.45. The number of nitrogens with zero attached hydrogens (tertiary/aromatic N) is 6. The Balaban J connectivity index is 1.29. The van der Waals surface area contributed by atoms with E-state index in [4.69, 9.17) is 14.2 Å². The summed E-state index contributed by atoms with van der Waals surface area (Å²) in [6.07, 6.45) is 2.09. The van der Waals surface area contributed by atoms with Gasteiger partial charge in [-0.3, -0.25) is 14.6 Å². The Labute approximate surface area is 232 Å². The maximum atomic E-state index is 13.6. The molecule has 11 nitrogen and oxygen atoms in total. The number of ether oxygens (including phenoxy) is 3. The molecule has 0 unspecified atom stereocenters. The number of methoxy groups -OCH3 is 2. The fourth-order valence-corrected chi connectivity index (χ4v) is 5.71. The van der Waals surface area contributed by atoms with Gasteiger partial charge in [0.2, 0.25) is 0 Å². The molecule has 4 heterocycles. The molecule has 0 bridgehead atoms. The molecule has 2 saturated heterocycles. The molecule has 6 rings (SSSR count). The van der Waals surface area contributed by atoms with Gasteiger partial charge in [0.15, 0.2) is 5.82 Å². The summed E-state index contributed by atoms with van der Waals surface area (Å²) in [5.41, 5.74) is 2.45. The molecule has 11 heteroatoms. The third-order valence-electron chi connectivity index (χ3n) is 7.92. The lowest BCUT2D eigenvalue weighted by molar-refractivity contribution is 0.0840. The van der Waals surface area contributed by atoms with Gasteiger partial charge in [-0.2, -0.15) is 0 Å². The van der Waals surface area contributed by atoms with Gasteiger partial charge in [-0.1, -0.05) is 12.1 Å². The lowest BCUT2D eigenvalue weighted by Crippen LogP contribution is -2.48. The average Bonchev–Trinajstić information content (AvgIpc) is 3.67. The minimum absolute atomic E-state index is 0.0756. The first kappa shape index (κ1) is 26.4. The second kappa shape index (κ2) is 11.7. The Bertz CT molecular complexity index is 1490. The maximum absolute atomic E-state index is 13.6. The molecule has 4 aromatic rings. The number of aromatic nitrogens is 5. The van der Waals surface area contributed by atoms with Gasteiger partial charge in [0.1, 0.15) is 17.5 Å². The van der Waals surface area contributed by atoms with E-state index in [1.54, 1.807) is 14.2 Å². The number of nitrogens with one attached hydrogen (secondary N) is 1.